The third-order valence-electron chi connectivity index (χ3n) is 5.04. The van der Waals surface area contributed by atoms with Crippen LogP contribution in [0.1, 0.15) is 46.1 Å². The van der Waals surface area contributed by atoms with E-state index in [2.05, 4.69) is 19.2 Å². The smallest absolute Gasteiger partial charge is 0.341 e. The van der Waals surface area contributed by atoms with Gasteiger partial charge in [-0.05, 0) is 35.6 Å². The molecular weight excluding hydrogens is 420 g/mol. The fourth-order valence-corrected chi connectivity index (χ4v) is 4.40. The number of aryl methyl sites for hydroxylation is 1. The van der Waals surface area contributed by atoms with Crippen molar-refractivity contribution >= 4 is 34.3 Å². The van der Waals surface area contributed by atoms with Crippen molar-refractivity contribution < 1.29 is 14.3 Å². The zero-order valence-corrected chi connectivity index (χ0v) is 19.2. The minimum Gasteiger partial charge on any atom is -0.465 e. The van der Waals surface area contributed by atoms with Crippen molar-refractivity contribution in [1.29, 1.82) is 5.26 Å². The Balaban J connectivity index is 1.96. The molecule has 3 rings (SSSR count). The van der Waals surface area contributed by atoms with Crippen LogP contribution in [0.3, 0.4) is 0 Å². The van der Waals surface area contributed by atoms with E-state index in [0.717, 1.165) is 16.0 Å². The van der Waals surface area contributed by atoms with Gasteiger partial charge in [-0.2, -0.15) is 5.26 Å². The first-order chi connectivity index (χ1) is 15.3. The van der Waals surface area contributed by atoms with Gasteiger partial charge in [-0.1, -0.05) is 68.4 Å². The Morgan fingerprint density at radius 3 is 2.31 bits per heavy atom. The predicted molar refractivity (Wildman–Crippen MR) is 129 cm³/mol. The molecule has 1 amide bonds. The van der Waals surface area contributed by atoms with Crippen LogP contribution in [0.5, 0.6) is 0 Å². The number of benzene rings is 2. The van der Waals surface area contributed by atoms with Crippen LogP contribution in [-0.2, 0) is 9.53 Å². The number of methoxy groups -OCH3 is 1. The van der Waals surface area contributed by atoms with E-state index in [1.54, 1.807) is 0 Å². The SMILES string of the molecule is COC(=O)c1c(NC(=O)/C(C#N)=C/c2ccc(C(C)C)cc2)sc(C)c1-c1ccccc1. The summed E-state index contributed by atoms with van der Waals surface area (Å²) in [7, 11) is 1.30. The van der Waals surface area contributed by atoms with E-state index < -0.39 is 11.9 Å². The molecule has 0 aliphatic heterocycles. The van der Waals surface area contributed by atoms with E-state index in [9.17, 15) is 14.9 Å². The summed E-state index contributed by atoms with van der Waals surface area (Å²) in [5.41, 5.74) is 3.73. The van der Waals surface area contributed by atoms with E-state index in [0.29, 0.717) is 16.5 Å². The third-order valence-corrected chi connectivity index (χ3v) is 6.06. The summed E-state index contributed by atoms with van der Waals surface area (Å²) in [5.74, 6) is -0.730. The summed E-state index contributed by atoms with van der Waals surface area (Å²) >= 11 is 1.28. The topological polar surface area (TPSA) is 79.2 Å². The van der Waals surface area contributed by atoms with Crippen molar-refractivity contribution in [2.45, 2.75) is 26.7 Å². The van der Waals surface area contributed by atoms with Gasteiger partial charge in [0.1, 0.15) is 22.2 Å². The lowest BCUT2D eigenvalue weighted by Crippen LogP contribution is -2.15. The summed E-state index contributed by atoms with van der Waals surface area (Å²) < 4.78 is 4.98. The van der Waals surface area contributed by atoms with Crippen LogP contribution in [0.25, 0.3) is 17.2 Å². The number of amides is 1. The summed E-state index contributed by atoms with van der Waals surface area (Å²) in [6.45, 7) is 6.08. The highest BCUT2D eigenvalue weighted by Crippen LogP contribution is 2.40. The standard InChI is InChI=1S/C26H24N2O3S/c1-16(2)19-12-10-18(11-13-19)14-21(15-27)24(29)28-25-23(26(30)31-4)22(17(3)32-25)20-8-6-5-7-9-20/h5-14,16H,1-4H3,(H,28,29)/b21-14+. The molecule has 0 radical (unpaired) electrons. The van der Waals surface area contributed by atoms with Crippen LogP contribution < -0.4 is 5.32 Å². The molecule has 1 aromatic heterocycles. The molecule has 0 atom stereocenters. The van der Waals surface area contributed by atoms with Gasteiger partial charge in [0.25, 0.3) is 5.91 Å². The number of ether oxygens (including phenoxy) is 1. The number of nitrogens with one attached hydrogen (secondary N) is 1. The van der Waals surface area contributed by atoms with Gasteiger partial charge in [-0.15, -0.1) is 11.3 Å². The summed E-state index contributed by atoms with van der Waals surface area (Å²) in [6, 6.07) is 19.1. The van der Waals surface area contributed by atoms with E-state index in [4.69, 9.17) is 4.74 Å². The van der Waals surface area contributed by atoms with Gasteiger partial charge in [-0.3, -0.25) is 4.79 Å². The van der Waals surface area contributed by atoms with Gasteiger partial charge in [0, 0.05) is 10.4 Å². The van der Waals surface area contributed by atoms with Gasteiger partial charge < -0.3 is 10.1 Å². The van der Waals surface area contributed by atoms with Gasteiger partial charge in [0.05, 0.1) is 7.11 Å². The van der Waals surface area contributed by atoms with Crippen molar-refractivity contribution in [2.24, 2.45) is 0 Å². The first-order valence-corrected chi connectivity index (χ1v) is 11.0. The molecule has 1 heterocycles. The number of rotatable bonds is 6. The molecule has 1 N–H and O–H groups in total. The lowest BCUT2D eigenvalue weighted by Gasteiger charge is -2.08. The van der Waals surface area contributed by atoms with E-state index >= 15 is 0 Å². The predicted octanol–water partition coefficient (Wildman–Crippen LogP) is 6.18. The largest absolute Gasteiger partial charge is 0.465 e. The molecule has 5 nitrogen and oxygen atoms in total. The first-order valence-electron chi connectivity index (χ1n) is 10.2. The molecule has 0 aliphatic rings. The minimum absolute atomic E-state index is 0.0505. The normalized spacial score (nSPS) is 11.2. The summed E-state index contributed by atoms with van der Waals surface area (Å²) in [4.78, 5) is 26.3. The maximum atomic E-state index is 12.9. The van der Waals surface area contributed by atoms with Crippen molar-refractivity contribution in [3.8, 4) is 17.2 Å². The molecule has 0 fully saturated rings. The maximum Gasteiger partial charge on any atom is 0.341 e. The Kier molecular flexibility index (Phi) is 7.24. The summed E-state index contributed by atoms with van der Waals surface area (Å²) in [5, 5.41) is 12.7. The van der Waals surface area contributed by atoms with Crippen molar-refractivity contribution in [2.75, 3.05) is 12.4 Å². The number of anilines is 1. The number of nitrogens with zero attached hydrogens (tertiary/aromatic N) is 1. The summed E-state index contributed by atoms with van der Waals surface area (Å²) in [6.07, 6.45) is 1.54. The molecule has 0 saturated heterocycles. The Labute approximate surface area is 192 Å². The lowest BCUT2D eigenvalue weighted by atomic mass is 10.0. The number of carbonyl (C=O) groups is 2. The Bertz CT molecular complexity index is 1200. The highest BCUT2D eigenvalue weighted by molar-refractivity contribution is 7.17. The minimum atomic E-state index is -0.577. The monoisotopic (exact) mass is 444 g/mol. The van der Waals surface area contributed by atoms with Crippen LogP contribution in [0.4, 0.5) is 5.00 Å². The highest BCUT2D eigenvalue weighted by Gasteiger charge is 2.25. The number of thiophene rings is 1. The number of esters is 1. The molecule has 6 heteroatoms. The maximum absolute atomic E-state index is 12.9. The molecule has 0 saturated carbocycles. The molecule has 0 bridgehead atoms. The number of nitriles is 1. The van der Waals surface area contributed by atoms with Crippen LogP contribution in [0, 0.1) is 18.3 Å². The average Bonchev–Trinajstić information content (AvgIpc) is 3.13. The molecule has 2 aromatic carbocycles. The van der Waals surface area contributed by atoms with Gasteiger partial charge in [0.15, 0.2) is 0 Å². The zero-order valence-electron chi connectivity index (χ0n) is 18.4. The van der Waals surface area contributed by atoms with Crippen LogP contribution >= 0.6 is 11.3 Å². The lowest BCUT2D eigenvalue weighted by molar-refractivity contribution is -0.112. The second-order valence-corrected chi connectivity index (χ2v) is 8.77. The van der Waals surface area contributed by atoms with Gasteiger partial charge in [-0.25, -0.2) is 4.79 Å². The molecule has 0 spiro atoms. The van der Waals surface area contributed by atoms with Crippen LogP contribution in [-0.4, -0.2) is 19.0 Å². The highest BCUT2D eigenvalue weighted by atomic mass is 32.1. The molecule has 162 valence electrons. The third kappa shape index (κ3) is 4.96. The Morgan fingerprint density at radius 2 is 1.75 bits per heavy atom. The second kappa shape index (κ2) is 10.1. The fraction of sp³-hybridized carbons (Fsp3) is 0.192. The quantitative estimate of drug-likeness (QED) is 0.280. The molecule has 0 unspecified atom stereocenters. The van der Waals surface area contributed by atoms with E-state index in [-0.39, 0.29) is 11.1 Å². The zero-order chi connectivity index (χ0) is 23.3. The van der Waals surface area contributed by atoms with Crippen LogP contribution in [0.2, 0.25) is 0 Å². The van der Waals surface area contributed by atoms with Crippen molar-refractivity contribution in [1.82, 2.24) is 0 Å². The average molecular weight is 445 g/mol. The number of hydrogen-bond acceptors (Lipinski definition) is 5. The first kappa shape index (κ1) is 23.0. The number of hydrogen-bond donors (Lipinski definition) is 1. The van der Waals surface area contributed by atoms with E-state index in [1.807, 2.05) is 67.6 Å². The Hall–Kier alpha value is -3.69. The van der Waals surface area contributed by atoms with Gasteiger partial charge >= 0.3 is 5.97 Å². The fourth-order valence-electron chi connectivity index (χ4n) is 3.34. The molecule has 0 aliphatic carbocycles. The molecular formula is C26H24N2O3S. The van der Waals surface area contributed by atoms with Crippen molar-refractivity contribution in [3.05, 3.63) is 81.7 Å². The Morgan fingerprint density at radius 1 is 1.09 bits per heavy atom. The molecule has 32 heavy (non-hydrogen) atoms. The second-order valence-electron chi connectivity index (χ2n) is 7.54. The van der Waals surface area contributed by atoms with Crippen LogP contribution in [0.15, 0.2) is 60.2 Å². The van der Waals surface area contributed by atoms with Crippen molar-refractivity contribution in [3.63, 3.8) is 0 Å². The van der Waals surface area contributed by atoms with Gasteiger partial charge in [0.2, 0.25) is 0 Å². The number of carbonyl (C=O) groups excluding carboxylic acids is 2. The van der Waals surface area contributed by atoms with E-state index in [1.165, 1.54) is 30.1 Å². The molecule has 3 aromatic rings.